The molecule has 6 nitrogen and oxygen atoms in total. The van der Waals surface area contributed by atoms with Gasteiger partial charge in [0.05, 0.1) is 12.1 Å². The van der Waals surface area contributed by atoms with E-state index in [-0.39, 0.29) is 18.9 Å². The zero-order valence-electron chi connectivity index (χ0n) is 15.4. The molecule has 26 heavy (non-hydrogen) atoms. The number of hydrogen-bond acceptors (Lipinski definition) is 4. The maximum atomic E-state index is 12.5. The van der Waals surface area contributed by atoms with Gasteiger partial charge in [-0.3, -0.25) is 9.69 Å². The van der Waals surface area contributed by atoms with Crippen molar-refractivity contribution in [1.29, 1.82) is 0 Å². The minimum absolute atomic E-state index is 0.0205. The second-order valence-corrected chi connectivity index (χ2v) is 8.18. The molecule has 6 heteroatoms. The number of likely N-dealkylation sites (tertiary alicyclic amines) is 1. The molecule has 0 spiro atoms. The maximum absolute atomic E-state index is 12.5. The molecule has 1 saturated heterocycles. The summed E-state index contributed by atoms with van der Waals surface area (Å²) in [5, 5.41) is 13.4. The van der Waals surface area contributed by atoms with Gasteiger partial charge in [-0.15, -0.1) is 0 Å². The number of primary amides is 1. The predicted octanol–water partition coefficient (Wildman–Crippen LogP) is 0.493. The second-order valence-electron chi connectivity index (χ2n) is 8.18. The van der Waals surface area contributed by atoms with Crippen LogP contribution in [0.25, 0.3) is 12.2 Å². The fraction of sp³-hybridized carbons (Fsp3) is 0.500. The minimum Gasteiger partial charge on any atom is -0.444 e. The lowest BCUT2D eigenvalue weighted by Gasteiger charge is -2.31. The molecule has 1 aliphatic heterocycles. The summed E-state index contributed by atoms with van der Waals surface area (Å²) in [7, 11) is 0. The molecular weight excluding hydrogens is 332 g/mol. The largest absolute Gasteiger partial charge is 0.444 e. The van der Waals surface area contributed by atoms with Crippen LogP contribution in [0.15, 0.2) is 24.3 Å². The van der Waals surface area contributed by atoms with E-state index in [4.69, 9.17) is 10.5 Å². The van der Waals surface area contributed by atoms with Gasteiger partial charge < -0.3 is 15.6 Å². The molecule has 1 aliphatic carbocycles. The van der Waals surface area contributed by atoms with E-state index in [9.17, 15) is 14.7 Å². The van der Waals surface area contributed by atoms with Gasteiger partial charge in [0.25, 0.3) is 0 Å². The molecule has 140 valence electrons. The lowest BCUT2D eigenvalue weighted by atomic mass is 9.80. The number of ether oxygens (including phenoxy) is 1. The summed E-state index contributed by atoms with van der Waals surface area (Å²) >= 11 is 0. The average Bonchev–Trinajstić information content (AvgIpc) is 2.93. The van der Waals surface area contributed by atoms with Gasteiger partial charge in [-0.05, 0) is 37.6 Å². The van der Waals surface area contributed by atoms with Crippen LogP contribution >= 0.6 is 0 Å². The van der Waals surface area contributed by atoms with Crippen LogP contribution in [0.1, 0.15) is 33.6 Å². The third-order valence-electron chi connectivity index (χ3n) is 4.98. The van der Waals surface area contributed by atoms with E-state index < -0.39 is 29.2 Å². The van der Waals surface area contributed by atoms with Crippen LogP contribution in [-0.4, -0.2) is 45.8 Å². The molecule has 1 aromatic carbocycles. The summed E-state index contributed by atoms with van der Waals surface area (Å²) in [4.78, 5) is 25.7. The van der Waals surface area contributed by atoms with Gasteiger partial charge in [-0.1, -0.05) is 36.4 Å². The predicted molar refractivity (Wildman–Crippen MR) is 98.2 cm³/mol. The number of nitrogens with two attached hydrogens (primary N) is 1. The Hall–Kier alpha value is -2.34. The Bertz CT molecular complexity index is 842. The fourth-order valence-electron chi connectivity index (χ4n) is 3.71. The smallest absolute Gasteiger partial charge is 0.411 e. The quantitative estimate of drug-likeness (QED) is 0.805. The first-order valence-corrected chi connectivity index (χ1v) is 8.87. The van der Waals surface area contributed by atoms with Crippen LogP contribution in [0.2, 0.25) is 0 Å². The molecule has 0 saturated carbocycles. The first-order chi connectivity index (χ1) is 12.1. The highest BCUT2D eigenvalue weighted by Crippen LogP contribution is 2.37. The highest BCUT2D eigenvalue weighted by Gasteiger charge is 2.51. The Morgan fingerprint density at radius 1 is 1.27 bits per heavy atom. The number of hydrogen-bond donors (Lipinski definition) is 2. The fourth-order valence-corrected chi connectivity index (χ4v) is 3.71. The van der Waals surface area contributed by atoms with Crippen molar-refractivity contribution < 1.29 is 19.4 Å². The van der Waals surface area contributed by atoms with Gasteiger partial charge in [0.15, 0.2) is 0 Å². The van der Waals surface area contributed by atoms with Crippen molar-refractivity contribution in [3.05, 3.63) is 34.7 Å². The van der Waals surface area contributed by atoms with E-state index in [0.29, 0.717) is 6.42 Å². The van der Waals surface area contributed by atoms with E-state index in [1.54, 1.807) is 20.8 Å². The molecule has 1 unspecified atom stereocenters. The molecule has 1 aromatic rings. The third-order valence-corrected chi connectivity index (χ3v) is 4.98. The number of aliphatic hydroxyl groups is 1. The Labute approximate surface area is 152 Å². The molecule has 0 radical (unpaired) electrons. The summed E-state index contributed by atoms with van der Waals surface area (Å²) in [6.45, 7) is 5.29. The number of fused-ring (bicyclic) bond motifs is 1. The van der Waals surface area contributed by atoms with Crippen molar-refractivity contribution in [3.63, 3.8) is 0 Å². The van der Waals surface area contributed by atoms with Gasteiger partial charge in [0.1, 0.15) is 11.6 Å². The number of amides is 2. The number of carbonyl (C=O) groups excluding carboxylic acids is 2. The van der Waals surface area contributed by atoms with E-state index in [1.807, 2.05) is 30.3 Å². The monoisotopic (exact) mass is 358 g/mol. The number of β-amino-alcohol motifs (C(OH)–C–C–N with tert-alkyl or cyclic N) is 1. The van der Waals surface area contributed by atoms with Crippen LogP contribution < -0.4 is 16.2 Å². The van der Waals surface area contributed by atoms with Gasteiger partial charge in [-0.2, -0.15) is 0 Å². The Kier molecular flexibility index (Phi) is 4.56. The lowest BCUT2D eigenvalue weighted by Crippen LogP contribution is -2.47. The second kappa shape index (κ2) is 6.43. The standard InChI is InChI=1S/C20H26N2O4/c1-19(2,3)26-18(24)22-12-20(25,11-16(22)17(21)23)15-9-8-13-6-4-5-7-14(13)10-15/h4-8,10,15-16,25H,9,11-12H2,1-3H3,(H2,21,23)/t15?,16-,20-/m0/s1. The Balaban J connectivity index is 1.88. The highest BCUT2D eigenvalue weighted by molar-refractivity contribution is 5.85. The van der Waals surface area contributed by atoms with Gasteiger partial charge in [0.2, 0.25) is 5.91 Å². The van der Waals surface area contributed by atoms with E-state index in [2.05, 4.69) is 6.08 Å². The molecule has 0 bridgehead atoms. The topological polar surface area (TPSA) is 92.9 Å². The van der Waals surface area contributed by atoms with Gasteiger partial charge in [-0.25, -0.2) is 4.79 Å². The maximum Gasteiger partial charge on any atom is 0.411 e. The van der Waals surface area contributed by atoms with Crippen molar-refractivity contribution in [2.24, 2.45) is 11.7 Å². The average molecular weight is 358 g/mol. The van der Waals surface area contributed by atoms with Crippen LogP contribution in [0.3, 0.4) is 0 Å². The normalized spacial score (nSPS) is 27.9. The third kappa shape index (κ3) is 3.60. The van der Waals surface area contributed by atoms with E-state index >= 15 is 0 Å². The molecular formula is C20H26N2O4. The summed E-state index contributed by atoms with van der Waals surface area (Å²) < 4.78 is 5.39. The molecule has 3 rings (SSSR count). The van der Waals surface area contributed by atoms with Crippen LogP contribution in [-0.2, 0) is 9.53 Å². The van der Waals surface area contributed by atoms with Crippen molar-refractivity contribution in [3.8, 4) is 0 Å². The number of rotatable bonds is 2. The molecule has 0 aromatic heterocycles. The minimum atomic E-state index is -1.22. The molecule has 1 heterocycles. The summed E-state index contributed by atoms with van der Waals surface area (Å²) in [6, 6.07) is 7.07. The van der Waals surface area contributed by atoms with Crippen LogP contribution in [0, 0.1) is 5.92 Å². The summed E-state index contributed by atoms with van der Waals surface area (Å²) in [6.07, 6.45) is 4.22. The van der Waals surface area contributed by atoms with Crippen LogP contribution in [0.5, 0.6) is 0 Å². The van der Waals surface area contributed by atoms with Crippen molar-refractivity contribution in [2.45, 2.75) is 50.9 Å². The Morgan fingerprint density at radius 2 is 1.92 bits per heavy atom. The van der Waals surface area contributed by atoms with Gasteiger partial charge >= 0.3 is 6.09 Å². The van der Waals surface area contributed by atoms with Crippen molar-refractivity contribution in [2.75, 3.05) is 6.54 Å². The SMILES string of the molecule is CC(C)(C)OC(=O)N1C[C@](O)(C2C=c3ccccc3=CC2)C[C@H]1C(N)=O. The lowest BCUT2D eigenvalue weighted by molar-refractivity contribution is -0.122. The molecule has 1 fully saturated rings. The van der Waals surface area contributed by atoms with E-state index in [0.717, 1.165) is 10.4 Å². The molecule has 2 amide bonds. The van der Waals surface area contributed by atoms with Crippen LogP contribution in [0.4, 0.5) is 4.79 Å². The number of benzene rings is 1. The highest BCUT2D eigenvalue weighted by atomic mass is 16.6. The zero-order valence-corrected chi connectivity index (χ0v) is 15.4. The molecule has 3 atom stereocenters. The van der Waals surface area contributed by atoms with Gasteiger partial charge in [0, 0.05) is 12.3 Å². The molecule has 3 N–H and O–H groups in total. The first-order valence-electron chi connectivity index (χ1n) is 8.87. The van der Waals surface area contributed by atoms with Crippen molar-refractivity contribution in [1.82, 2.24) is 4.90 Å². The zero-order chi connectivity index (χ0) is 19.1. The number of nitrogens with zero attached hydrogens (tertiary/aromatic N) is 1. The van der Waals surface area contributed by atoms with E-state index in [1.165, 1.54) is 4.90 Å². The number of carbonyl (C=O) groups is 2. The first kappa shape index (κ1) is 18.5. The summed E-state index contributed by atoms with van der Waals surface area (Å²) in [5.74, 6) is -0.835. The Morgan fingerprint density at radius 3 is 2.54 bits per heavy atom. The summed E-state index contributed by atoms with van der Waals surface area (Å²) in [5.41, 5.74) is 3.59. The van der Waals surface area contributed by atoms with Crippen molar-refractivity contribution >= 4 is 24.2 Å². The molecule has 2 aliphatic rings.